The van der Waals surface area contributed by atoms with Crippen LogP contribution >= 0.6 is 11.8 Å². The Morgan fingerprint density at radius 1 is 1.21 bits per heavy atom. The fraction of sp³-hybridized carbons (Fsp3) is 0.333. The van der Waals surface area contributed by atoms with Crippen LogP contribution in [0.25, 0.3) is 11.3 Å². The zero-order chi connectivity index (χ0) is 19.3. The number of aromatic nitrogens is 4. The molecular formula is C21H23N5OS. The number of nitrogens with zero attached hydrogens (tertiary/aromatic N) is 4. The quantitative estimate of drug-likeness (QED) is 0.638. The molecule has 0 aromatic carbocycles. The van der Waals surface area contributed by atoms with Crippen molar-refractivity contribution in [1.29, 1.82) is 0 Å². The van der Waals surface area contributed by atoms with E-state index in [4.69, 9.17) is 5.10 Å². The maximum atomic E-state index is 12.6. The second kappa shape index (κ2) is 8.56. The van der Waals surface area contributed by atoms with Gasteiger partial charge in [0.25, 0.3) is 5.91 Å². The third-order valence-electron chi connectivity index (χ3n) is 5.07. The summed E-state index contributed by atoms with van der Waals surface area (Å²) in [5.41, 5.74) is 3.65. The number of hydrogen-bond acceptors (Lipinski definition) is 5. The van der Waals surface area contributed by atoms with Crippen molar-refractivity contribution in [2.75, 3.05) is 6.26 Å². The molecule has 1 saturated carbocycles. The van der Waals surface area contributed by atoms with E-state index in [1.54, 1.807) is 30.7 Å². The van der Waals surface area contributed by atoms with Gasteiger partial charge in [-0.25, -0.2) is 4.98 Å². The maximum absolute atomic E-state index is 12.6. The van der Waals surface area contributed by atoms with Gasteiger partial charge in [-0.15, -0.1) is 11.8 Å². The predicted octanol–water partition coefficient (Wildman–Crippen LogP) is 4.11. The van der Waals surface area contributed by atoms with Crippen LogP contribution in [-0.4, -0.2) is 31.9 Å². The average Bonchev–Trinajstić information content (AvgIpc) is 3.42. The van der Waals surface area contributed by atoms with Crippen LogP contribution in [0.15, 0.2) is 53.9 Å². The van der Waals surface area contributed by atoms with Crippen LogP contribution in [0.2, 0.25) is 0 Å². The summed E-state index contributed by atoms with van der Waals surface area (Å²) in [6.07, 6.45) is 12.0. The van der Waals surface area contributed by atoms with Crippen molar-refractivity contribution in [3.05, 3.63) is 60.2 Å². The maximum Gasteiger partial charge on any atom is 0.254 e. The highest BCUT2D eigenvalue weighted by Crippen LogP contribution is 2.33. The van der Waals surface area contributed by atoms with E-state index >= 15 is 0 Å². The van der Waals surface area contributed by atoms with E-state index in [1.807, 2.05) is 18.4 Å². The van der Waals surface area contributed by atoms with Crippen LogP contribution in [0.4, 0.5) is 0 Å². The topological polar surface area (TPSA) is 72.7 Å². The van der Waals surface area contributed by atoms with Gasteiger partial charge in [-0.05, 0) is 49.4 Å². The van der Waals surface area contributed by atoms with Gasteiger partial charge in [-0.3, -0.25) is 14.5 Å². The fourth-order valence-electron chi connectivity index (χ4n) is 3.69. The summed E-state index contributed by atoms with van der Waals surface area (Å²) < 4.78 is 2.14. The number of hydrogen-bond donors (Lipinski definition) is 1. The van der Waals surface area contributed by atoms with Crippen LogP contribution in [0, 0.1) is 0 Å². The van der Waals surface area contributed by atoms with Gasteiger partial charge >= 0.3 is 0 Å². The number of amides is 1. The molecule has 3 heterocycles. The van der Waals surface area contributed by atoms with E-state index in [9.17, 15) is 4.79 Å². The minimum atomic E-state index is -0.127. The van der Waals surface area contributed by atoms with Gasteiger partial charge in [0.2, 0.25) is 0 Å². The summed E-state index contributed by atoms with van der Waals surface area (Å²) in [6, 6.07) is 10.1. The molecule has 0 atom stereocenters. The van der Waals surface area contributed by atoms with Crippen molar-refractivity contribution in [3.8, 4) is 11.3 Å². The Hall–Kier alpha value is -2.67. The van der Waals surface area contributed by atoms with E-state index in [2.05, 4.69) is 26.0 Å². The Bertz CT molecular complexity index is 950. The fourth-order valence-corrected chi connectivity index (χ4v) is 4.24. The molecule has 0 spiro atoms. The minimum absolute atomic E-state index is 0.127. The number of nitrogens with one attached hydrogen (secondary N) is 1. The van der Waals surface area contributed by atoms with E-state index in [1.165, 1.54) is 24.6 Å². The summed E-state index contributed by atoms with van der Waals surface area (Å²) in [5.74, 6) is -0.127. The molecule has 0 unspecified atom stereocenters. The molecule has 6 nitrogen and oxygen atoms in total. The summed E-state index contributed by atoms with van der Waals surface area (Å²) in [4.78, 5) is 21.0. The Morgan fingerprint density at radius 3 is 2.75 bits per heavy atom. The molecule has 28 heavy (non-hydrogen) atoms. The van der Waals surface area contributed by atoms with Gasteiger partial charge in [-0.1, -0.05) is 12.8 Å². The molecule has 1 fully saturated rings. The van der Waals surface area contributed by atoms with Crippen LogP contribution in [0.5, 0.6) is 0 Å². The molecule has 1 N–H and O–H groups in total. The second-order valence-corrected chi connectivity index (χ2v) is 7.68. The Balaban J connectivity index is 1.56. The summed E-state index contributed by atoms with van der Waals surface area (Å²) in [5, 5.41) is 8.56. The zero-order valence-electron chi connectivity index (χ0n) is 15.8. The second-order valence-electron chi connectivity index (χ2n) is 6.88. The van der Waals surface area contributed by atoms with Crippen molar-refractivity contribution in [2.24, 2.45) is 0 Å². The highest BCUT2D eigenvalue weighted by molar-refractivity contribution is 7.98. The molecule has 1 aliphatic rings. The molecule has 3 aromatic heterocycles. The number of carbonyl (C=O) groups is 1. The van der Waals surface area contributed by atoms with Gasteiger partial charge in [0.05, 0.1) is 29.5 Å². The SMILES string of the molecule is CSc1ncccc1C(=O)NCc1cc(-c2ccncc2)n(C2CCCC2)n1. The molecule has 0 aliphatic heterocycles. The third kappa shape index (κ3) is 3.94. The lowest BCUT2D eigenvalue weighted by molar-refractivity contribution is 0.0946. The first-order valence-corrected chi connectivity index (χ1v) is 10.7. The first-order valence-electron chi connectivity index (χ1n) is 9.52. The number of carbonyl (C=O) groups excluding carboxylic acids is 1. The molecule has 3 aromatic rings. The molecule has 0 radical (unpaired) electrons. The first kappa shape index (κ1) is 18.7. The van der Waals surface area contributed by atoms with Crippen LogP contribution in [0.3, 0.4) is 0 Å². The van der Waals surface area contributed by atoms with Crippen LogP contribution < -0.4 is 5.32 Å². The van der Waals surface area contributed by atoms with Gasteiger partial charge in [0.15, 0.2) is 0 Å². The van der Waals surface area contributed by atoms with Crippen molar-refractivity contribution in [1.82, 2.24) is 25.1 Å². The lowest BCUT2D eigenvalue weighted by Gasteiger charge is -2.14. The van der Waals surface area contributed by atoms with Gasteiger partial charge < -0.3 is 5.32 Å². The molecular weight excluding hydrogens is 370 g/mol. The van der Waals surface area contributed by atoms with E-state index in [-0.39, 0.29) is 5.91 Å². The first-order chi connectivity index (χ1) is 13.8. The average molecular weight is 394 g/mol. The lowest BCUT2D eigenvalue weighted by Crippen LogP contribution is -2.24. The summed E-state index contributed by atoms with van der Waals surface area (Å²) >= 11 is 1.47. The summed E-state index contributed by atoms with van der Waals surface area (Å²) in [6.45, 7) is 0.388. The highest BCUT2D eigenvalue weighted by atomic mass is 32.2. The third-order valence-corrected chi connectivity index (χ3v) is 5.78. The van der Waals surface area contributed by atoms with Gasteiger partial charge in [0, 0.05) is 24.2 Å². The van der Waals surface area contributed by atoms with Crippen molar-refractivity contribution >= 4 is 17.7 Å². The largest absolute Gasteiger partial charge is 0.346 e. The van der Waals surface area contributed by atoms with Crippen LogP contribution in [0.1, 0.15) is 47.8 Å². The number of thioether (sulfide) groups is 1. The zero-order valence-corrected chi connectivity index (χ0v) is 16.7. The number of rotatable bonds is 6. The van der Waals surface area contributed by atoms with Gasteiger partial charge in [0.1, 0.15) is 5.03 Å². The Morgan fingerprint density at radius 2 is 2.00 bits per heavy atom. The summed E-state index contributed by atoms with van der Waals surface area (Å²) in [7, 11) is 0. The van der Waals surface area contributed by atoms with Gasteiger partial charge in [-0.2, -0.15) is 5.10 Å². The molecule has 4 rings (SSSR count). The Labute approximate surface area is 168 Å². The van der Waals surface area contributed by atoms with Crippen molar-refractivity contribution in [3.63, 3.8) is 0 Å². The highest BCUT2D eigenvalue weighted by Gasteiger charge is 2.22. The van der Waals surface area contributed by atoms with Crippen molar-refractivity contribution < 1.29 is 4.79 Å². The predicted molar refractivity (Wildman–Crippen MR) is 110 cm³/mol. The van der Waals surface area contributed by atoms with E-state index in [0.717, 1.165) is 34.8 Å². The molecule has 144 valence electrons. The lowest BCUT2D eigenvalue weighted by atomic mass is 10.1. The van der Waals surface area contributed by atoms with Crippen molar-refractivity contribution in [2.45, 2.75) is 43.3 Å². The molecule has 0 saturated heterocycles. The molecule has 1 aliphatic carbocycles. The van der Waals surface area contributed by atoms with E-state index < -0.39 is 0 Å². The molecule has 7 heteroatoms. The minimum Gasteiger partial charge on any atom is -0.346 e. The standard InChI is InChI=1S/C21H23N5OS/c1-28-21-18(7-4-10-23-21)20(27)24-14-16-13-19(15-8-11-22-12-9-15)26(25-16)17-5-2-3-6-17/h4,7-13,17H,2-3,5-6,14H2,1H3,(H,24,27). The monoisotopic (exact) mass is 393 g/mol. The number of pyridine rings is 2. The van der Waals surface area contributed by atoms with Crippen LogP contribution in [-0.2, 0) is 6.54 Å². The van der Waals surface area contributed by atoms with E-state index in [0.29, 0.717) is 18.2 Å². The normalized spacial score (nSPS) is 14.3. The molecule has 1 amide bonds. The smallest absolute Gasteiger partial charge is 0.254 e. The Kier molecular flexibility index (Phi) is 5.71. The molecule has 0 bridgehead atoms.